The zero-order valence-electron chi connectivity index (χ0n) is 20.0. The molecular formula is C26H28N6O3. The van der Waals surface area contributed by atoms with E-state index in [0.717, 1.165) is 22.5 Å². The zero-order valence-corrected chi connectivity index (χ0v) is 20.0. The second-order valence-corrected chi connectivity index (χ2v) is 8.71. The van der Waals surface area contributed by atoms with E-state index in [1.807, 2.05) is 41.0 Å². The second-order valence-electron chi connectivity index (χ2n) is 8.71. The Morgan fingerprint density at radius 3 is 2.69 bits per heavy atom. The van der Waals surface area contributed by atoms with Crippen LogP contribution in [0.15, 0.2) is 54.7 Å². The third kappa shape index (κ3) is 4.19. The van der Waals surface area contributed by atoms with Gasteiger partial charge in [-0.1, -0.05) is 24.3 Å². The highest BCUT2D eigenvalue weighted by Crippen LogP contribution is 2.41. The fourth-order valence-electron chi connectivity index (χ4n) is 4.72. The molecule has 1 aromatic heterocycles. The number of nitrogens with zero attached hydrogens (tertiary/aromatic N) is 4. The number of fused-ring (bicyclic) bond motifs is 3. The van der Waals surface area contributed by atoms with Crippen molar-refractivity contribution in [3.63, 3.8) is 0 Å². The SMILES string of the molecule is CNC(=O)Nc1ccc(-c2ncc3c(n2)N2CCOC[C@@H]2C(=O)N3C(C)c2ccccc2C)cc1. The van der Waals surface area contributed by atoms with Gasteiger partial charge < -0.3 is 20.3 Å². The summed E-state index contributed by atoms with van der Waals surface area (Å²) in [6.07, 6.45) is 1.74. The van der Waals surface area contributed by atoms with Crippen LogP contribution in [-0.2, 0) is 9.53 Å². The molecule has 2 aliphatic heterocycles. The maximum absolute atomic E-state index is 13.7. The lowest BCUT2D eigenvalue weighted by atomic mass is 9.98. The van der Waals surface area contributed by atoms with E-state index >= 15 is 0 Å². The third-order valence-electron chi connectivity index (χ3n) is 6.59. The van der Waals surface area contributed by atoms with Gasteiger partial charge in [0.15, 0.2) is 11.6 Å². The van der Waals surface area contributed by atoms with Crippen LogP contribution in [0, 0.1) is 6.92 Å². The molecule has 2 atom stereocenters. The summed E-state index contributed by atoms with van der Waals surface area (Å²) in [6.45, 7) is 5.54. The van der Waals surface area contributed by atoms with E-state index in [1.165, 1.54) is 0 Å². The summed E-state index contributed by atoms with van der Waals surface area (Å²) >= 11 is 0. The normalized spacial score (nSPS) is 17.9. The molecule has 3 aromatic rings. The molecule has 180 valence electrons. The van der Waals surface area contributed by atoms with Crippen LogP contribution < -0.4 is 20.4 Å². The molecule has 2 aliphatic rings. The van der Waals surface area contributed by atoms with Gasteiger partial charge in [-0.25, -0.2) is 14.8 Å². The minimum atomic E-state index is -0.426. The van der Waals surface area contributed by atoms with Crippen LogP contribution in [0.4, 0.5) is 22.0 Å². The average molecular weight is 473 g/mol. The van der Waals surface area contributed by atoms with E-state index in [1.54, 1.807) is 25.4 Å². The van der Waals surface area contributed by atoms with Crippen molar-refractivity contribution in [2.45, 2.75) is 25.9 Å². The third-order valence-corrected chi connectivity index (χ3v) is 6.59. The highest BCUT2D eigenvalue weighted by atomic mass is 16.5. The quantitative estimate of drug-likeness (QED) is 0.603. The largest absolute Gasteiger partial charge is 0.377 e. The number of carbonyl (C=O) groups is 2. The molecule has 0 saturated carbocycles. The molecular weight excluding hydrogens is 444 g/mol. The lowest BCUT2D eigenvalue weighted by Crippen LogP contribution is -2.59. The number of aromatic nitrogens is 2. The zero-order chi connectivity index (χ0) is 24.5. The maximum Gasteiger partial charge on any atom is 0.318 e. The predicted octanol–water partition coefficient (Wildman–Crippen LogP) is 3.52. The van der Waals surface area contributed by atoms with Crippen molar-refractivity contribution in [2.75, 3.05) is 41.9 Å². The molecule has 3 heterocycles. The highest BCUT2D eigenvalue weighted by molar-refractivity contribution is 6.05. The minimum Gasteiger partial charge on any atom is -0.377 e. The molecule has 2 aromatic carbocycles. The number of nitrogens with one attached hydrogen (secondary N) is 2. The topological polar surface area (TPSA) is 99.7 Å². The Balaban J connectivity index is 1.54. The number of morpholine rings is 1. The summed E-state index contributed by atoms with van der Waals surface area (Å²) in [6, 6.07) is 14.6. The molecule has 9 nitrogen and oxygen atoms in total. The minimum absolute atomic E-state index is 0.00562. The van der Waals surface area contributed by atoms with Crippen molar-refractivity contribution in [1.82, 2.24) is 15.3 Å². The van der Waals surface area contributed by atoms with Gasteiger partial charge in [0.2, 0.25) is 0 Å². The molecule has 35 heavy (non-hydrogen) atoms. The van der Waals surface area contributed by atoms with Crippen molar-refractivity contribution in [1.29, 1.82) is 0 Å². The van der Waals surface area contributed by atoms with E-state index in [2.05, 4.69) is 34.7 Å². The van der Waals surface area contributed by atoms with Gasteiger partial charge in [-0.15, -0.1) is 0 Å². The number of rotatable bonds is 4. The Bertz CT molecular complexity index is 1260. The summed E-state index contributed by atoms with van der Waals surface area (Å²) in [5.41, 5.74) is 4.39. The Morgan fingerprint density at radius 1 is 1.17 bits per heavy atom. The van der Waals surface area contributed by atoms with Crippen LogP contribution in [0.25, 0.3) is 11.4 Å². The van der Waals surface area contributed by atoms with Crippen molar-refractivity contribution < 1.29 is 14.3 Å². The van der Waals surface area contributed by atoms with Crippen LogP contribution in [0.2, 0.25) is 0 Å². The van der Waals surface area contributed by atoms with Gasteiger partial charge in [0, 0.05) is 24.8 Å². The number of amides is 3. The molecule has 3 amide bonds. The van der Waals surface area contributed by atoms with Crippen molar-refractivity contribution in [3.05, 3.63) is 65.9 Å². The number of anilines is 3. The maximum atomic E-state index is 13.7. The number of carbonyl (C=O) groups excluding carboxylic acids is 2. The highest BCUT2D eigenvalue weighted by Gasteiger charge is 2.43. The molecule has 0 spiro atoms. The van der Waals surface area contributed by atoms with Crippen LogP contribution in [0.1, 0.15) is 24.1 Å². The summed E-state index contributed by atoms with van der Waals surface area (Å²) in [4.78, 5) is 38.6. The summed E-state index contributed by atoms with van der Waals surface area (Å²) < 4.78 is 5.68. The van der Waals surface area contributed by atoms with Crippen LogP contribution in [0.3, 0.4) is 0 Å². The number of hydrogen-bond acceptors (Lipinski definition) is 6. The van der Waals surface area contributed by atoms with Gasteiger partial charge in [0.05, 0.1) is 25.5 Å². The Hall–Kier alpha value is -3.98. The lowest BCUT2D eigenvalue weighted by Gasteiger charge is -2.45. The monoisotopic (exact) mass is 472 g/mol. The molecule has 1 unspecified atom stereocenters. The first kappa shape index (κ1) is 22.8. The van der Waals surface area contributed by atoms with Crippen molar-refractivity contribution in [2.24, 2.45) is 0 Å². The van der Waals surface area contributed by atoms with Gasteiger partial charge in [0.1, 0.15) is 11.7 Å². The second kappa shape index (κ2) is 9.34. The van der Waals surface area contributed by atoms with Gasteiger partial charge in [-0.2, -0.15) is 0 Å². The fraction of sp³-hybridized carbons (Fsp3) is 0.308. The molecule has 2 N–H and O–H groups in total. The number of urea groups is 1. The van der Waals surface area contributed by atoms with Crippen LogP contribution in [-0.4, -0.2) is 54.8 Å². The molecule has 0 radical (unpaired) electrons. The van der Waals surface area contributed by atoms with Crippen LogP contribution >= 0.6 is 0 Å². The van der Waals surface area contributed by atoms with E-state index < -0.39 is 6.04 Å². The van der Waals surface area contributed by atoms with E-state index in [9.17, 15) is 9.59 Å². The first-order chi connectivity index (χ1) is 17.0. The average Bonchev–Trinajstić information content (AvgIpc) is 2.89. The summed E-state index contributed by atoms with van der Waals surface area (Å²) in [5, 5.41) is 5.27. The van der Waals surface area contributed by atoms with E-state index in [-0.39, 0.29) is 18.0 Å². The van der Waals surface area contributed by atoms with Crippen molar-refractivity contribution in [3.8, 4) is 11.4 Å². The number of aryl methyl sites for hydroxylation is 1. The van der Waals surface area contributed by atoms with Gasteiger partial charge in [0.25, 0.3) is 5.91 Å². The smallest absolute Gasteiger partial charge is 0.318 e. The van der Waals surface area contributed by atoms with Gasteiger partial charge in [-0.3, -0.25) is 9.69 Å². The first-order valence-corrected chi connectivity index (χ1v) is 11.7. The van der Waals surface area contributed by atoms with Gasteiger partial charge >= 0.3 is 6.03 Å². The first-order valence-electron chi connectivity index (χ1n) is 11.7. The molecule has 1 saturated heterocycles. The standard InChI is InChI=1S/C26H28N6O3/c1-16-6-4-5-7-20(16)17(2)32-21-14-28-23(18-8-10-19(11-9-18)29-26(34)27-3)30-24(21)31-12-13-35-15-22(31)25(32)33/h4-11,14,17,22H,12-13,15H2,1-3H3,(H2,27,29,34)/t17?,22-/m1/s1. The van der Waals surface area contributed by atoms with Gasteiger partial charge in [-0.05, 0) is 49.2 Å². The number of ether oxygens (including phenoxy) is 1. The number of hydrogen-bond donors (Lipinski definition) is 2. The molecule has 1 fully saturated rings. The lowest BCUT2D eigenvalue weighted by molar-refractivity contribution is -0.123. The number of benzene rings is 2. The molecule has 9 heteroatoms. The van der Waals surface area contributed by atoms with E-state index in [4.69, 9.17) is 9.72 Å². The summed E-state index contributed by atoms with van der Waals surface area (Å²) in [5.74, 6) is 1.28. The Labute approximate surface area is 204 Å². The fourth-order valence-corrected chi connectivity index (χ4v) is 4.72. The van der Waals surface area contributed by atoms with Crippen molar-refractivity contribution >= 4 is 29.1 Å². The molecule has 0 bridgehead atoms. The summed E-state index contributed by atoms with van der Waals surface area (Å²) in [7, 11) is 1.57. The van der Waals surface area contributed by atoms with Crippen LogP contribution in [0.5, 0.6) is 0 Å². The predicted molar refractivity (Wildman–Crippen MR) is 135 cm³/mol. The molecule has 0 aliphatic carbocycles. The van der Waals surface area contributed by atoms with E-state index in [0.29, 0.717) is 37.0 Å². The Kier molecular flexibility index (Phi) is 6.08. The molecule has 5 rings (SSSR count). The Morgan fingerprint density at radius 2 is 1.94 bits per heavy atom.